The molecule has 0 bridgehead atoms. The number of aromatic nitrogens is 1. The molecule has 1 atom stereocenters. The van der Waals surface area contributed by atoms with Crippen LogP contribution >= 0.6 is 0 Å². The van der Waals surface area contributed by atoms with Gasteiger partial charge in [-0.2, -0.15) is 5.26 Å². The maximum atomic E-state index is 13.2. The molecule has 0 spiro atoms. The molecular weight excluding hydrogens is 203 g/mol. The predicted octanol–water partition coefficient (Wildman–Crippen LogP) is 3.25. The van der Waals surface area contributed by atoms with Crippen molar-refractivity contribution < 1.29 is 4.39 Å². The Bertz CT molecular complexity index is 592. The molecule has 1 aliphatic rings. The summed E-state index contributed by atoms with van der Waals surface area (Å²) >= 11 is 0. The molecule has 1 aliphatic carbocycles. The van der Waals surface area contributed by atoms with Gasteiger partial charge in [0.15, 0.2) is 0 Å². The van der Waals surface area contributed by atoms with Crippen molar-refractivity contribution in [1.29, 1.82) is 5.26 Å². The highest BCUT2D eigenvalue weighted by Crippen LogP contribution is 2.36. The fourth-order valence-electron chi connectivity index (χ4n) is 2.59. The van der Waals surface area contributed by atoms with Gasteiger partial charge < -0.3 is 4.98 Å². The van der Waals surface area contributed by atoms with Gasteiger partial charge in [-0.25, -0.2) is 4.39 Å². The standard InChI is InChI=1S/C13H11FN2/c14-9-4-5-11-10(6-9)13-8(7-15)2-1-3-12(13)16-11/h4-6,8,16H,1-3H2. The minimum absolute atomic E-state index is 0.0840. The number of hydrogen-bond acceptors (Lipinski definition) is 1. The average molecular weight is 214 g/mol. The van der Waals surface area contributed by atoms with E-state index in [9.17, 15) is 4.39 Å². The summed E-state index contributed by atoms with van der Waals surface area (Å²) in [6.07, 6.45) is 2.87. The Labute approximate surface area is 92.7 Å². The second kappa shape index (κ2) is 3.34. The van der Waals surface area contributed by atoms with Gasteiger partial charge in [0.2, 0.25) is 0 Å². The van der Waals surface area contributed by atoms with Crippen molar-refractivity contribution in [3.63, 3.8) is 0 Å². The van der Waals surface area contributed by atoms with Crippen molar-refractivity contribution in [2.75, 3.05) is 0 Å². The summed E-state index contributed by atoms with van der Waals surface area (Å²) in [5.41, 5.74) is 3.07. The van der Waals surface area contributed by atoms with E-state index in [0.29, 0.717) is 0 Å². The molecule has 3 rings (SSSR count). The highest BCUT2D eigenvalue weighted by Gasteiger charge is 2.24. The molecule has 0 fully saturated rings. The zero-order valence-electron chi connectivity index (χ0n) is 8.76. The van der Waals surface area contributed by atoms with Crippen molar-refractivity contribution in [1.82, 2.24) is 4.98 Å². The smallest absolute Gasteiger partial charge is 0.123 e. The molecule has 1 heterocycles. The van der Waals surface area contributed by atoms with Crippen LogP contribution in [0.15, 0.2) is 18.2 Å². The van der Waals surface area contributed by atoms with E-state index in [0.717, 1.165) is 41.4 Å². The molecule has 0 aliphatic heterocycles. The first-order valence-corrected chi connectivity index (χ1v) is 5.49. The van der Waals surface area contributed by atoms with Crippen molar-refractivity contribution >= 4 is 10.9 Å². The third-order valence-corrected chi connectivity index (χ3v) is 3.31. The maximum absolute atomic E-state index is 13.2. The van der Waals surface area contributed by atoms with Crippen LogP contribution in [0.3, 0.4) is 0 Å². The van der Waals surface area contributed by atoms with Crippen LogP contribution in [-0.4, -0.2) is 4.98 Å². The minimum atomic E-state index is -0.239. The van der Waals surface area contributed by atoms with Crippen molar-refractivity contribution in [3.8, 4) is 6.07 Å². The number of aryl methyl sites for hydroxylation is 1. The summed E-state index contributed by atoms with van der Waals surface area (Å²) < 4.78 is 13.2. The SMILES string of the molecule is N#CC1CCCc2[nH]c3ccc(F)cc3c21. The third-order valence-electron chi connectivity index (χ3n) is 3.31. The quantitative estimate of drug-likeness (QED) is 0.718. The maximum Gasteiger partial charge on any atom is 0.123 e. The van der Waals surface area contributed by atoms with Gasteiger partial charge in [0.25, 0.3) is 0 Å². The Hall–Kier alpha value is -1.82. The Kier molecular flexibility index (Phi) is 1.97. The van der Waals surface area contributed by atoms with Crippen LogP contribution < -0.4 is 0 Å². The minimum Gasteiger partial charge on any atom is -0.358 e. The Morgan fingerprint density at radius 2 is 2.31 bits per heavy atom. The monoisotopic (exact) mass is 214 g/mol. The predicted molar refractivity (Wildman–Crippen MR) is 59.5 cm³/mol. The second-order valence-corrected chi connectivity index (χ2v) is 4.28. The number of hydrogen-bond donors (Lipinski definition) is 1. The zero-order valence-corrected chi connectivity index (χ0v) is 8.76. The van der Waals surface area contributed by atoms with Crippen LogP contribution in [-0.2, 0) is 6.42 Å². The van der Waals surface area contributed by atoms with Crippen LogP contribution in [0, 0.1) is 17.1 Å². The summed E-state index contributed by atoms with van der Waals surface area (Å²) in [5, 5.41) is 10.0. The van der Waals surface area contributed by atoms with Gasteiger partial charge in [0, 0.05) is 16.6 Å². The number of nitrogens with one attached hydrogen (secondary N) is 1. The van der Waals surface area contributed by atoms with Crippen LogP contribution in [0.25, 0.3) is 10.9 Å². The fourth-order valence-corrected chi connectivity index (χ4v) is 2.59. The van der Waals surface area contributed by atoms with E-state index >= 15 is 0 Å². The number of halogens is 1. The number of benzene rings is 1. The van der Waals surface area contributed by atoms with Crippen molar-refractivity contribution in [3.05, 3.63) is 35.3 Å². The summed E-state index contributed by atoms with van der Waals surface area (Å²) in [6.45, 7) is 0. The number of nitriles is 1. The van der Waals surface area contributed by atoms with Gasteiger partial charge in [-0.15, -0.1) is 0 Å². The second-order valence-electron chi connectivity index (χ2n) is 4.28. The van der Waals surface area contributed by atoms with E-state index in [-0.39, 0.29) is 11.7 Å². The topological polar surface area (TPSA) is 39.6 Å². The lowest BCUT2D eigenvalue weighted by Gasteiger charge is -2.16. The summed E-state index contributed by atoms with van der Waals surface area (Å²) in [4.78, 5) is 3.29. The van der Waals surface area contributed by atoms with Crippen LogP contribution in [0.4, 0.5) is 4.39 Å². The van der Waals surface area contributed by atoms with Gasteiger partial charge in [0.05, 0.1) is 12.0 Å². The Morgan fingerprint density at radius 1 is 1.44 bits per heavy atom. The number of H-pyrrole nitrogens is 1. The van der Waals surface area contributed by atoms with E-state index in [1.54, 1.807) is 6.07 Å². The Morgan fingerprint density at radius 3 is 3.12 bits per heavy atom. The normalized spacial score (nSPS) is 19.4. The molecule has 0 saturated heterocycles. The number of aromatic amines is 1. The molecule has 1 unspecified atom stereocenters. The van der Waals surface area contributed by atoms with E-state index in [2.05, 4.69) is 11.1 Å². The summed E-state index contributed by atoms with van der Waals surface area (Å²) in [6, 6.07) is 7.04. The average Bonchev–Trinajstić information content (AvgIpc) is 2.66. The third kappa shape index (κ3) is 1.23. The molecule has 80 valence electrons. The molecular formula is C13H11FN2. The van der Waals surface area contributed by atoms with E-state index in [1.165, 1.54) is 12.1 Å². The largest absolute Gasteiger partial charge is 0.358 e. The van der Waals surface area contributed by atoms with Crippen molar-refractivity contribution in [2.24, 2.45) is 0 Å². The van der Waals surface area contributed by atoms with E-state index in [4.69, 9.17) is 5.26 Å². The van der Waals surface area contributed by atoms with Gasteiger partial charge in [-0.05, 0) is 43.0 Å². The van der Waals surface area contributed by atoms with Crippen LogP contribution in [0.2, 0.25) is 0 Å². The van der Waals surface area contributed by atoms with Crippen LogP contribution in [0.5, 0.6) is 0 Å². The first kappa shape index (κ1) is 9.41. The summed E-state index contributed by atoms with van der Waals surface area (Å²) in [5.74, 6) is -0.323. The molecule has 2 nitrogen and oxygen atoms in total. The summed E-state index contributed by atoms with van der Waals surface area (Å²) in [7, 11) is 0. The molecule has 1 N–H and O–H groups in total. The lowest BCUT2D eigenvalue weighted by molar-refractivity contribution is 0.626. The number of rotatable bonds is 0. The lowest BCUT2D eigenvalue weighted by atomic mass is 9.86. The van der Waals surface area contributed by atoms with E-state index < -0.39 is 0 Å². The molecule has 2 aromatic rings. The highest BCUT2D eigenvalue weighted by molar-refractivity contribution is 5.86. The zero-order chi connectivity index (χ0) is 11.1. The fraction of sp³-hybridized carbons (Fsp3) is 0.308. The van der Waals surface area contributed by atoms with Gasteiger partial charge >= 0.3 is 0 Å². The molecule has 1 aromatic heterocycles. The molecule has 0 amide bonds. The number of fused-ring (bicyclic) bond motifs is 3. The first-order chi connectivity index (χ1) is 7.79. The molecule has 16 heavy (non-hydrogen) atoms. The number of nitrogens with zero attached hydrogens (tertiary/aromatic N) is 1. The molecule has 1 aromatic carbocycles. The van der Waals surface area contributed by atoms with Crippen LogP contribution in [0.1, 0.15) is 30.0 Å². The van der Waals surface area contributed by atoms with Gasteiger partial charge in [-0.3, -0.25) is 0 Å². The molecule has 0 radical (unpaired) electrons. The van der Waals surface area contributed by atoms with E-state index in [1.807, 2.05) is 0 Å². The van der Waals surface area contributed by atoms with Gasteiger partial charge in [0.1, 0.15) is 5.82 Å². The molecule has 0 saturated carbocycles. The highest BCUT2D eigenvalue weighted by atomic mass is 19.1. The lowest BCUT2D eigenvalue weighted by Crippen LogP contribution is -2.06. The van der Waals surface area contributed by atoms with Crippen molar-refractivity contribution in [2.45, 2.75) is 25.2 Å². The molecule has 3 heteroatoms. The Balaban J connectivity index is 2.33. The first-order valence-electron chi connectivity index (χ1n) is 5.49. The van der Waals surface area contributed by atoms with Gasteiger partial charge in [-0.1, -0.05) is 0 Å².